The van der Waals surface area contributed by atoms with Crippen molar-refractivity contribution in [1.29, 1.82) is 0 Å². The summed E-state index contributed by atoms with van der Waals surface area (Å²) in [6.07, 6.45) is 0. The highest BCUT2D eigenvalue weighted by Crippen LogP contribution is 2.23. The number of fused-ring (bicyclic) bond motifs is 1. The fourth-order valence-electron chi connectivity index (χ4n) is 1.97. The Bertz CT molecular complexity index is 568. The van der Waals surface area contributed by atoms with Gasteiger partial charge in [-0.05, 0) is 6.92 Å². The molecule has 1 aromatic carbocycles. The number of aromatic nitrogens is 2. The van der Waals surface area contributed by atoms with Crippen molar-refractivity contribution in [2.24, 2.45) is 5.73 Å². The van der Waals surface area contributed by atoms with Crippen molar-refractivity contribution in [1.82, 2.24) is 9.55 Å². The van der Waals surface area contributed by atoms with Crippen LogP contribution in [0.2, 0.25) is 0 Å². The predicted molar refractivity (Wildman–Crippen MR) is 64.1 cm³/mol. The number of methoxy groups -OCH3 is 1. The summed E-state index contributed by atoms with van der Waals surface area (Å²) in [6.45, 7) is 2.53. The maximum Gasteiger partial charge on any atom is 0.161 e. The second kappa shape index (κ2) is 4.99. The largest absolute Gasteiger partial charge is 0.377 e. The average molecular weight is 255 g/mol. The molecular formula is C12H15F2N3O. The topological polar surface area (TPSA) is 53.1 Å². The van der Waals surface area contributed by atoms with Crippen LogP contribution in [0.25, 0.3) is 11.0 Å². The Labute approximate surface area is 103 Å². The van der Waals surface area contributed by atoms with E-state index in [1.807, 2.05) is 6.92 Å². The molecule has 0 saturated heterocycles. The van der Waals surface area contributed by atoms with E-state index in [9.17, 15) is 8.78 Å². The van der Waals surface area contributed by atoms with Gasteiger partial charge in [0, 0.05) is 31.8 Å². The lowest BCUT2D eigenvalue weighted by Gasteiger charge is -2.15. The Morgan fingerprint density at radius 1 is 1.39 bits per heavy atom. The van der Waals surface area contributed by atoms with E-state index in [0.717, 1.165) is 12.1 Å². The number of hydrogen-bond acceptors (Lipinski definition) is 3. The van der Waals surface area contributed by atoms with Crippen LogP contribution in [0.3, 0.4) is 0 Å². The lowest BCUT2D eigenvalue weighted by atomic mass is 10.2. The van der Waals surface area contributed by atoms with Gasteiger partial charge in [-0.25, -0.2) is 13.8 Å². The van der Waals surface area contributed by atoms with Crippen LogP contribution < -0.4 is 5.73 Å². The lowest BCUT2D eigenvalue weighted by molar-refractivity contribution is 0.173. The van der Waals surface area contributed by atoms with E-state index >= 15 is 0 Å². The molecule has 0 amide bonds. The summed E-state index contributed by atoms with van der Waals surface area (Å²) >= 11 is 0. The lowest BCUT2D eigenvalue weighted by Crippen LogP contribution is -2.18. The third-order valence-corrected chi connectivity index (χ3v) is 2.86. The van der Waals surface area contributed by atoms with Gasteiger partial charge in [0.25, 0.3) is 0 Å². The molecule has 0 aliphatic carbocycles. The molecule has 2 rings (SSSR count). The standard InChI is InChI=1S/C12H15F2N3O/c1-7(5-15)17-11-4-9(14)8(13)3-10(11)16-12(17)6-18-2/h3-4,7H,5-6,15H2,1-2H3. The van der Waals surface area contributed by atoms with Crippen molar-refractivity contribution in [3.05, 3.63) is 29.6 Å². The summed E-state index contributed by atoms with van der Waals surface area (Å²) in [5.41, 5.74) is 6.56. The summed E-state index contributed by atoms with van der Waals surface area (Å²) in [5, 5.41) is 0. The molecule has 0 aliphatic heterocycles. The molecule has 0 bridgehead atoms. The van der Waals surface area contributed by atoms with Crippen LogP contribution in [0.1, 0.15) is 18.8 Å². The number of nitrogens with zero attached hydrogens (tertiary/aromatic N) is 2. The first-order valence-electron chi connectivity index (χ1n) is 5.63. The number of imidazole rings is 1. The van der Waals surface area contributed by atoms with Crippen molar-refractivity contribution < 1.29 is 13.5 Å². The maximum absolute atomic E-state index is 13.3. The van der Waals surface area contributed by atoms with Crippen molar-refractivity contribution in [2.75, 3.05) is 13.7 Å². The third-order valence-electron chi connectivity index (χ3n) is 2.86. The van der Waals surface area contributed by atoms with Gasteiger partial charge in [0.1, 0.15) is 12.4 Å². The van der Waals surface area contributed by atoms with Crippen LogP contribution in [0.15, 0.2) is 12.1 Å². The molecule has 4 nitrogen and oxygen atoms in total. The van der Waals surface area contributed by atoms with E-state index in [1.165, 1.54) is 7.11 Å². The summed E-state index contributed by atoms with van der Waals surface area (Å²) in [7, 11) is 1.54. The van der Waals surface area contributed by atoms with Gasteiger partial charge in [-0.2, -0.15) is 0 Å². The second-order valence-electron chi connectivity index (χ2n) is 4.17. The van der Waals surface area contributed by atoms with Crippen molar-refractivity contribution in [3.63, 3.8) is 0 Å². The Balaban J connectivity index is 2.68. The van der Waals surface area contributed by atoms with Gasteiger partial charge in [0.05, 0.1) is 11.0 Å². The molecule has 2 N–H and O–H groups in total. The van der Waals surface area contributed by atoms with Crippen molar-refractivity contribution >= 4 is 11.0 Å². The minimum absolute atomic E-state index is 0.0648. The quantitative estimate of drug-likeness (QED) is 0.908. The highest BCUT2D eigenvalue weighted by molar-refractivity contribution is 5.76. The first-order chi connectivity index (χ1) is 8.58. The molecule has 0 radical (unpaired) electrons. The summed E-state index contributed by atoms with van der Waals surface area (Å²) in [4.78, 5) is 4.25. The summed E-state index contributed by atoms with van der Waals surface area (Å²) in [6, 6.07) is 2.16. The predicted octanol–water partition coefficient (Wildman–Crippen LogP) is 1.98. The van der Waals surface area contributed by atoms with Crippen LogP contribution in [0.4, 0.5) is 8.78 Å². The van der Waals surface area contributed by atoms with Crippen LogP contribution in [-0.2, 0) is 11.3 Å². The normalized spacial score (nSPS) is 13.2. The van der Waals surface area contributed by atoms with E-state index in [1.54, 1.807) is 4.57 Å². The van der Waals surface area contributed by atoms with Crippen LogP contribution in [0, 0.1) is 11.6 Å². The molecule has 1 aromatic heterocycles. The van der Waals surface area contributed by atoms with Gasteiger partial charge < -0.3 is 15.0 Å². The zero-order valence-corrected chi connectivity index (χ0v) is 10.3. The average Bonchev–Trinajstić information content (AvgIpc) is 2.67. The van der Waals surface area contributed by atoms with Crippen molar-refractivity contribution in [2.45, 2.75) is 19.6 Å². The van der Waals surface area contributed by atoms with Gasteiger partial charge in [-0.3, -0.25) is 0 Å². The second-order valence-corrected chi connectivity index (χ2v) is 4.17. The molecule has 6 heteroatoms. The fourth-order valence-corrected chi connectivity index (χ4v) is 1.97. The Morgan fingerprint density at radius 2 is 2.06 bits per heavy atom. The summed E-state index contributed by atoms with van der Waals surface area (Å²) in [5.74, 6) is -1.19. The SMILES string of the molecule is COCc1nc2cc(F)c(F)cc2n1C(C)CN. The smallest absolute Gasteiger partial charge is 0.161 e. The minimum Gasteiger partial charge on any atom is -0.377 e. The van der Waals surface area contributed by atoms with E-state index in [-0.39, 0.29) is 12.6 Å². The van der Waals surface area contributed by atoms with Crippen LogP contribution in [0.5, 0.6) is 0 Å². The minimum atomic E-state index is -0.906. The number of nitrogens with two attached hydrogens (primary N) is 1. The number of benzene rings is 1. The third kappa shape index (κ3) is 2.09. The van der Waals surface area contributed by atoms with Gasteiger partial charge in [-0.15, -0.1) is 0 Å². The zero-order chi connectivity index (χ0) is 13.3. The molecule has 98 valence electrons. The molecule has 2 aromatic rings. The number of rotatable bonds is 4. The number of ether oxygens (including phenoxy) is 1. The Hall–Kier alpha value is -1.53. The molecule has 0 spiro atoms. The van der Waals surface area contributed by atoms with E-state index in [2.05, 4.69) is 4.98 Å². The van der Waals surface area contributed by atoms with Crippen LogP contribution >= 0.6 is 0 Å². The molecule has 0 saturated carbocycles. The Morgan fingerprint density at radius 3 is 2.67 bits per heavy atom. The molecule has 0 aliphatic rings. The molecule has 1 unspecified atom stereocenters. The Kier molecular flexibility index (Phi) is 3.58. The zero-order valence-electron chi connectivity index (χ0n) is 10.3. The van der Waals surface area contributed by atoms with E-state index in [0.29, 0.717) is 23.4 Å². The maximum atomic E-state index is 13.3. The first-order valence-corrected chi connectivity index (χ1v) is 5.63. The van der Waals surface area contributed by atoms with Crippen molar-refractivity contribution in [3.8, 4) is 0 Å². The van der Waals surface area contributed by atoms with Gasteiger partial charge >= 0.3 is 0 Å². The molecule has 1 atom stereocenters. The first kappa shape index (κ1) is 12.9. The van der Waals surface area contributed by atoms with Gasteiger partial charge in [-0.1, -0.05) is 0 Å². The molecule has 18 heavy (non-hydrogen) atoms. The monoisotopic (exact) mass is 255 g/mol. The molecular weight excluding hydrogens is 240 g/mol. The van der Waals surface area contributed by atoms with E-state index in [4.69, 9.17) is 10.5 Å². The molecule has 0 fully saturated rings. The number of hydrogen-bond donors (Lipinski definition) is 1. The fraction of sp³-hybridized carbons (Fsp3) is 0.417. The van der Waals surface area contributed by atoms with Gasteiger partial charge in [0.15, 0.2) is 11.6 Å². The molecule has 1 heterocycles. The summed E-state index contributed by atoms with van der Waals surface area (Å²) < 4.78 is 33.3. The number of halogens is 2. The van der Waals surface area contributed by atoms with Crippen LogP contribution in [-0.4, -0.2) is 23.2 Å². The van der Waals surface area contributed by atoms with E-state index < -0.39 is 11.6 Å². The highest BCUT2D eigenvalue weighted by Gasteiger charge is 2.17. The highest BCUT2D eigenvalue weighted by atomic mass is 19.2. The van der Waals surface area contributed by atoms with Gasteiger partial charge in [0.2, 0.25) is 0 Å².